The highest BCUT2D eigenvalue weighted by Crippen LogP contribution is 2.56. The van der Waals surface area contributed by atoms with Crippen LogP contribution < -0.4 is 20.7 Å². The third-order valence-electron chi connectivity index (χ3n) is 7.06. The number of ether oxygens (including phenoxy) is 1. The number of urea groups is 1. The number of hydrogen-bond acceptors (Lipinski definition) is 5. The number of piperidine rings is 1. The summed E-state index contributed by atoms with van der Waals surface area (Å²) >= 11 is 0. The van der Waals surface area contributed by atoms with E-state index in [4.69, 9.17) is 4.74 Å². The quantitative estimate of drug-likeness (QED) is 0.582. The Morgan fingerprint density at radius 1 is 1.22 bits per heavy atom. The van der Waals surface area contributed by atoms with Crippen LogP contribution in [0.4, 0.5) is 4.79 Å². The van der Waals surface area contributed by atoms with E-state index in [-0.39, 0.29) is 11.9 Å². The molecule has 27 heavy (non-hydrogen) atoms. The molecule has 1 aliphatic carbocycles. The maximum Gasteiger partial charge on any atom is 0.322 e. The van der Waals surface area contributed by atoms with E-state index in [1.54, 1.807) is 7.11 Å². The van der Waals surface area contributed by atoms with Gasteiger partial charge in [0.2, 0.25) is 0 Å². The van der Waals surface area contributed by atoms with E-state index < -0.39 is 22.6 Å². The van der Waals surface area contributed by atoms with Crippen LogP contribution in [0.25, 0.3) is 0 Å². The number of aryl methyl sites for hydroxylation is 1. The maximum atomic E-state index is 12.7. The van der Waals surface area contributed by atoms with Gasteiger partial charge in [-0.05, 0) is 69.3 Å². The highest BCUT2D eigenvalue weighted by Gasteiger charge is 2.65. The fourth-order valence-electron chi connectivity index (χ4n) is 5.54. The van der Waals surface area contributed by atoms with Gasteiger partial charge in [-0.3, -0.25) is 10.1 Å². The first kappa shape index (κ1) is 18.3. The second-order valence-electron chi connectivity index (χ2n) is 8.28. The number of imide groups is 1. The van der Waals surface area contributed by atoms with E-state index in [0.717, 1.165) is 23.4 Å². The van der Waals surface area contributed by atoms with Crippen molar-refractivity contribution < 1.29 is 19.4 Å². The molecule has 2 heterocycles. The zero-order valence-electron chi connectivity index (χ0n) is 16.0. The lowest BCUT2D eigenvalue weighted by Gasteiger charge is -2.60. The molecule has 0 radical (unpaired) electrons. The maximum absolute atomic E-state index is 12.7. The van der Waals surface area contributed by atoms with Crippen LogP contribution in [-0.4, -0.2) is 47.9 Å². The number of amides is 3. The largest absolute Gasteiger partial charge is 0.497 e. The zero-order chi connectivity index (χ0) is 19.4. The summed E-state index contributed by atoms with van der Waals surface area (Å²) < 4.78 is 5.45. The van der Waals surface area contributed by atoms with E-state index in [9.17, 15) is 14.7 Å². The predicted octanol–water partition coefficient (Wildman–Crippen LogP) is 1.12. The topological polar surface area (TPSA) is 99.7 Å². The van der Waals surface area contributed by atoms with Gasteiger partial charge in [-0.15, -0.1) is 0 Å². The standard InChI is InChI=1S/C20H27N3O4/c1-12-4-5-14(27-3)10-15(12)18-8-9-21-13(2)20(18,26)7-6-19(11-18)16(24)22-17(25)23-19/h4-5,10,13,21,26H,6-9,11H2,1-3H3,(H2,22,23,24,25). The van der Waals surface area contributed by atoms with Crippen LogP contribution in [0.3, 0.4) is 0 Å². The Morgan fingerprint density at radius 2 is 2.00 bits per heavy atom. The lowest BCUT2D eigenvalue weighted by atomic mass is 9.50. The Morgan fingerprint density at radius 3 is 2.67 bits per heavy atom. The molecule has 3 aliphatic rings. The van der Waals surface area contributed by atoms with Crippen LogP contribution in [0.15, 0.2) is 18.2 Å². The number of carbonyl (C=O) groups is 2. The molecule has 1 spiro atoms. The summed E-state index contributed by atoms with van der Waals surface area (Å²) in [7, 11) is 1.62. The number of aliphatic hydroxyl groups is 1. The molecule has 2 aliphatic heterocycles. The Bertz CT molecular complexity index is 812. The number of carbonyl (C=O) groups excluding carboxylic acids is 2. The Kier molecular flexibility index (Phi) is 4.01. The summed E-state index contributed by atoms with van der Waals surface area (Å²) in [6.45, 7) is 4.74. The molecule has 1 aromatic rings. The summed E-state index contributed by atoms with van der Waals surface area (Å²) in [5, 5.41) is 20.5. The van der Waals surface area contributed by atoms with Crippen molar-refractivity contribution >= 4 is 11.9 Å². The van der Waals surface area contributed by atoms with Crippen LogP contribution in [0, 0.1) is 6.92 Å². The first-order valence-electron chi connectivity index (χ1n) is 9.51. The predicted molar refractivity (Wildman–Crippen MR) is 99.7 cm³/mol. The van der Waals surface area contributed by atoms with E-state index in [1.807, 2.05) is 32.0 Å². The summed E-state index contributed by atoms with van der Waals surface area (Å²) in [5.74, 6) is 0.429. The lowest BCUT2D eigenvalue weighted by Crippen LogP contribution is -2.73. The smallest absolute Gasteiger partial charge is 0.322 e. The summed E-state index contributed by atoms with van der Waals surface area (Å²) in [5.41, 5.74) is -0.628. The van der Waals surface area contributed by atoms with E-state index in [1.165, 1.54) is 0 Å². The molecule has 2 saturated heterocycles. The average Bonchev–Trinajstić information content (AvgIpc) is 2.90. The molecular formula is C20H27N3O4. The molecule has 7 nitrogen and oxygen atoms in total. The number of fused-ring (bicyclic) bond motifs is 1. The highest BCUT2D eigenvalue weighted by atomic mass is 16.5. The highest BCUT2D eigenvalue weighted by molar-refractivity contribution is 6.07. The second kappa shape index (κ2) is 5.94. The fourth-order valence-corrected chi connectivity index (χ4v) is 5.54. The van der Waals surface area contributed by atoms with Gasteiger partial charge in [0.15, 0.2) is 0 Å². The molecule has 1 saturated carbocycles. The van der Waals surface area contributed by atoms with Crippen molar-refractivity contribution in [2.75, 3.05) is 13.7 Å². The Labute approximate surface area is 158 Å². The van der Waals surface area contributed by atoms with Gasteiger partial charge in [-0.25, -0.2) is 4.79 Å². The molecule has 4 rings (SSSR count). The van der Waals surface area contributed by atoms with Gasteiger partial charge >= 0.3 is 6.03 Å². The zero-order valence-corrected chi connectivity index (χ0v) is 16.0. The normalized spacial score (nSPS) is 38.3. The summed E-state index contributed by atoms with van der Waals surface area (Å²) in [6.07, 6.45) is 1.88. The lowest BCUT2D eigenvalue weighted by molar-refractivity contribution is -0.146. The number of hydrogen-bond donors (Lipinski definition) is 4. The number of methoxy groups -OCH3 is 1. The third-order valence-corrected chi connectivity index (χ3v) is 7.06. The van der Waals surface area contributed by atoms with Crippen molar-refractivity contribution in [2.45, 2.75) is 62.1 Å². The monoisotopic (exact) mass is 373 g/mol. The minimum absolute atomic E-state index is 0.130. The van der Waals surface area contributed by atoms with Gasteiger partial charge in [-0.1, -0.05) is 6.07 Å². The first-order chi connectivity index (χ1) is 12.8. The van der Waals surface area contributed by atoms with Crippen LogP contribution in [0.2, 0.25) is 0 Å². The van der Waals surface area contributed by atoms with Crippen LogP contribution in [0.5, 0.6) is 5.75 Å². The van der Waals surface area contributed by atoms with Crippen molar-refractivity contribution in [3.63, 3.8) is 0 Å². The molecule has 0 bridgehead atoms. The van der Waals surface area contributed by atoms with E-state index in [0.29, 0.717) is 25.7 Å². The van der Waals surface area contributed by atoms with Crippen LogP contribution in [0.1, 0.15) is 43.7 Å². The summed E-state index contributed by atoms with van der Waals surface area (Å²) in [4.78, 5) is 24.6. The summed E-state index contributed by atoms with van der Waals surface area (Å²) in [6, 6.07) is 5.29. The molecule has 1 aromatic carbocycles. The molecule has 7 heteroatoms. The van der Waals surface area contributed by atoms with Gasteiger partial charge in [0, 0.05) is 11.5 Å². The van der Waals surface area contributed by atoms with Crippen molar-refractivity contribution in [3.05, 3.63) is 29.3 Å². The van der Waals surface area contributed by atoms with Crippen LogP contribution in [-0.2, 0) is 10.2 Å². The average molecular weight is 373 g/mol. The van der Waals surface area contributed by atoms with Gasteiger partial charge in [0.25, 0.3) is 5.91 Å². The number of nitrogens with one attached hydrogen (secondary N) is 3. The SMILES string of the molecule is COc1ccc(C)c(C23CCNC(C)C2(O)CCC2(C3)NC(=O)NC2=O)c1. The molecule has 3 fully saturated rings. The van der Waals surface area contributed by atoms with Gasteiger partial charge < -0.3 is 20.5 Å². The minimum Gasteiger partial charge on any atom is -0.497 e. The molecule has 4 unspecified atom stereocenters. The van der Waals surface area contributed by atoms with E-state index >= 15 is 0 Å². The van der Waals surface area contributed by atoms with Gasteiger partial charge in [0.05, 0.1) is 12.7 Å². The van der Waals surface area contributed by atoms with E-state index in [2.05, 4.69) is 16.0 Å². The molecule has 146 valence electrons. The van der Waals surface area contributed by atoms with Gasteiger partial charge in [-0.2, -0.15) is 0 Å². The molecule has 4 N–H and O–H groups in total. The van der Waals surface area contributed by atoms with Crippen molar-refractivity contribution in [3.8, 4) is 5.75 Å². The molecule has 4 atom stereocenters. The molecule has 3 amide bonds. The van der Waals surface area contributed by atoms with Crippen molar-refractivity contribution in [1.29, 1.82) is 0 Å². The number of rotatable bonds is 2. The van der Waals surface area contributed by atoms with Gasteiger partial charge in [0.1, 0.15) is 11.3 Å². The molecule has 0 aromatic heterocycles. The molecular weight excluding hydrogens is 346 g/mol. The number of benzene rings is 1. The fraction of sp³-hybridized carbons (Fsp3) is 0.600. The first-order valence-corrected chi connectivity index (χ1v) is 9.51. The second-order valence-corrected chi connectivity index (χ2v) is 8.28. The third kappa shape index (κ3) is 2.41. The van der Waals surface area contributed by atoms with Crippen molar-refractivity contribution in [2.24, 2.45) is 0 Å². The minimum atomic E-state index is -1.03. The Hall–Kier alpha value is -2.12. The van der Waals surface area contributed by atoms with Crippen molar-refractivity contribution in [1.82, 2.24) is 16.0 Å². The van der Waals surface area contributed by atoms with Crippen LogP contribution >= 0.6 is 0 Å². The Balaban J connectivity index is 1.91.